The molecule has 0 saturated carbocycles. The Labute approximate surface area is 172 Å². The highest BCUT2D eigenvalue weighted by molar-refractivity contribution is 6.30. The summed E-state index contributed by atoms with van der Waals surface area (Å²) in [6.07, 6.45) is 1.84. The maximum absolute atomic E-state index is 13.5. The molecule has 3 aromatic rings. The molecule has 2 aliphatic rings. The number of amides is 1. The van der Waals surface area contributed by atoms with Gasteiger partial charge in [0, 0.05) is 18.2 Å². The summed E-state index contributed by atoms with van der Waals surface area (Å²) >= 11 is 6.07. The van der Waals surface area contributed by atoms with Crippen molar-refractivity contribution in [2.45, 2.75) is 31.9 Å². The van der Waals surface area contributed by atoms with Crippen molar-refractivity contribution in [3.63, 3.8) is 0 Å². The van der Waals surface area contributed by atoms with E-state index in [1.165, 1.54) is 0 Å². The highest BCUT2D eigenvalue weighted by atomic mass is 35.5. The number of hydrogen-bond acceptors (Lipinski definition) is 4. The van der Waals surface area contributed by atoms with Crippen LogP contribution >= 0.6 is 11.6 Å². The summed E-state index contributed by atoms with van der Waals surface area (Å²) < 4.78 is 11.7. The van der Waals surface area contributed by atoms with Crippen LogP contribution in [0.4, 0.5) is 0 Å². The Morgan fingerprint density at radius 1 is 1.14 bits per heavy atom. The topological polar surface area (TPSA) is 59.8 Å². The maximum atomic E-state index is 13.5. The zero-order chi connectivity index (χ0) is 20.1. The minimum atomic E-state index is -0.514. The van der Waals surface area contributed by atoms with Crippen LogP contribution in [0.5, 0.6) is 0 Å². The third kappa shape index (κ3) is 3.05. The molecule has 5 nitrogen and oxygen atoms in total. The number of carbonyl (C=O) groups is 1. The Balaban J connectivity index is 1.71. The van der Waals surface area contributed by atoms with E-state index in [-0.39, 0.29) is 23.2 Å². The van der Waals surface area contributed by atoms with Gasteiger partial charge in [-0.25, -0.2) is 0 Å². The molecule has 148 valence electrons. The predicted octanol–water partition coefficient (Wildman–Crippen LogP) is 4.48. The number of aryl methyl sites for hydroxylation is 1. The van der Waals surface area contributed by atoms with E-state index in [9.17, 15) is 9.59 Å². The minimum absolute atomic E-state index is 0.0326. The molecular weight excluding hydrogens is 390 g/mol. The summed E-state index contributed by atoms with van der Waals surface area (Å²) in [7, 11) is 0. The maximum Gasteiger partial charge on any atom is 0.291 e. The molecule has 0 unspecified atom stereocenters. The molecule has 2 aliphatic heterocycles. The van der Waals surface area contributed by atoms with Gasteiger partial charge in [0.15, 0.2) is 5.43 Å². The van der Waals surface area contributed by atoms with Crippen molar-refractivity contribution in [3.05, 3.63) is 80.2 Å². The number of hydrogen-bond donors (Lipinski definition) is 0. The van der Waals surface area contributed by atoms with Crippen molar-refractivity contribution in [1.82, 2.24) is 4.90 Å². The number of fused-ring (bicyclic) bond motifs is 2. The number of benzene rings is 2. The van der Waals surface area contributed by atoms with Gasteiger partial charge in [-0.05, 0) is 49.6 Å². The summed E-state index contributed by atoms with van der Waals surface area (Å²) in [6.45, 7) is 3.05. The molecule has 3 heterocycles. The molecule has 0 spiro atoms. The van der Waals surface area contributed by atoms with Crippen LogP contribution in [-0.4, -0.2) is 30.1 Å². The van der Waals surface area contributed by atoms with Crippen molar-refractivity contribution in [3.8, 4) is 0 Å². The Bertz CT molecular complexity index is 1160. The third-order valence-electron chi connectivity index (χ3n) is 5.73. The average Bonchev–Trinajstić information content (AvgIpc) is 3.32. The van der Waals surface area contributed by atoms with Gasteiger partial charge in [-0.1, -0.05) is 35.4 Å². The van der Waals surface area contributed by atoms with Crippen LogP contribution in [-0.2, 0) is 4.74 Å². The molecule has 29 heavy (non-hydrogen) atoms. The first kappa shape index (κ1) is 18.4. The van der Waals surface area contributed by atoms with E-state index in [2.05, 4.69) is 0 Å². The molecule has 0 bridgehead atoms. The Kier molecular flexibility index (Phi) is 4.45. The fourth-order valence-electron chi connectivity index (χ4n) is 4.32. The summed E-state index contributed by atoms with van der Waals surface area (Å²) in [4.78, 5) is 28.5. The van der Waals surface area contributed by atoms with Gasteiger partial charge in [0.1, 0.15) is 5.58 Å². The number of carbonyl (C=O) groups excluding carboxylic acids is 1. The van der Waals surface area contributed by atoms with Gasteiger partial charge in [0.25, 0.3) is 5.91 Å². The fourth-order valence-corrected chi connectivity index (χ4v) is 4.45. The lowest BCUT2D eigenvalue weighted by Crippen LogP contribution is -2.36. The van der Waals surface area contributed by atoms with Crippen molar-refractivity contribution in [2.24, 2.45) is 0 Å². The second-order valence-electron chi connectivity index (χ2n) is 7.72. The van der Waals surface area contributed by atoms with Gasteiger partial charge >= 0.3 is 0 Å². The summed E-state index contributed by atoms with van der Waals surface area (Å²) in [5, 5.41) is 1.10. The monoisotopic (exact) mass is 409 g/mol. The average molecular weight is 410 g/mol. The summed E-state index contributed by atoms with van der Waals surface area (Å²) in [5.41, 5.74) is 2.47. The number of nitrogens with zero attached hydrogens (tertiary/aromatic N) is 1. The Hall–Kier alpha value is -2.63. The first-order chi connectivity index (χ1) is 14.0. The molecule has 1 fully saturated rings. The normalized spacial score (nSPS) is 21.2. The van der Waals surface area contributed by atoms with E-state index in [0.29, 0.717) is 34.7 Å². The lowest BCUT2D eigenvalue weighted by Gasteiger charge is -2.27. The second-order valence-corrected chi connectivity index (χ2v) is 8.16. The first-order valence-electron chi connectivity index (χ1n) is 9.78. The molecule has 0 N–H and O–H groups in total. The largest absolute Gasteiger partial charge is 0.450 e. The molecule has 1 saturated heterocycles. The van der Waals surface area contributed by atoms with Gasteiger partial charge in [0.05, 0.1) is 23.1 Å². The quantitative estimate of drug-likeness (QED) is 0.640. The molecule has 2 atom stereocenters. The molecule has 1 amide bonds. The zero-order valence-corrected chi connectivity index (χ0v) is 16.7. The highest BCUT2D eigenvalue weighted by Gasteiger charge is 2.43. The fraction of sp³-hybridized carbons (Fsp3) is 0.304. The van der Waals surface area contributed by atoms with Crippen molar-refractivity contribution in [2.75, 3.05) is 13.2 Å². The van der Waals surface area contributed by atoms with Crippen molar-refractivity contribution in [1.29, 1.82) is 0 Å². The molecular formula is C23H20ClNO4. The summed E-state index contributed by atoms with van der Waals surface area (Å²) in [5.74, 6) is -0.140. The Morgan fingerprint density at radius 3 is 2.66 bits per heavy atom. The third-order valence-corrected chi connectivity index (χ3v) is 5.98. The zero-order valence-electron chi connectivity index (χ0n) is 16.0. The highest BCUT2D eigenvalue weighted by Crippen LogP contribution is 2.39. The lowest BCUT2D eigenvalue weighted by molar-refractivity contribution is 0.0486. The van der Waals surface area contributed by atoms with E-state index in [1.807, 2.05) is 31.2 Å². The van der Waals surface area contributed by atoms with E-state index in [0.717, 1.165) is 24.0 Å². The first-order valence-corrected chi connectivity index (χ1v) is 10.2. The lowest BCUT2D eigenvalue weighted by atomic mass is 9.98. The second kappa shape index (κ2) is 7.01. The molecule has 2 aromatic carbocycles. The van der Waals surface area contributed by atoms with Gasteiger partial charge in [-0.15, -0.1) is 0 Å². The summed E-state index contributed by atoms with van der Waals surface area (Å²) in [6, 6.07) is 12.2. The molecule has 1 aromatic heterocycles. The van der Waals surface area contributed by atoms with Crippen molar-refractivity contribution < 1.29 is 13.9 Å². The van der Waals surface area contributed by atoms with Gasteiger partial charge in [-0.2, -0.15) is 0 Å². The number of halogens is 1. The molecule has 5 rings (SSSR count). The van der Waals surface area contributed by atoms with E-state index in [4.69, 9.17) is 20.8 Å². The van der Waals surface area contributed by atoms with Crippen LogP contribution in [0.1, 0.15) is 46.1 Å². The standard InChI is InChI=1S/C23H20ClNO4/c1-13-4-9-18-17(11-13)21(26)19-20(14-5-7-15(24)8-6-14)25(23(27)22(19)29-18)12-16-3-2-10-28-16/h4-9,11,16,20H,2-3,10,12H2,1H3/t16-,20-/m0/s1. The van der Waals surface area contributed by atoms with Crippen LogP contribution in [0, 0.1) is 6.92 Å². The molecule has 0 aliphatic carbocycles. The van der Waals surface area contributed by atoms with Crippen LogP contribution in [0.25, 0.3) is 11.0 Å². The van der Waals surface area contributed by atoms with Crippen LogP contribution in [0.15, 0.2) is 51.7 Å². The smallest absolute Gasteiger partial charge is 0.291 e. The van der Waals surface area contributed by atoms with E-state index in [1.54, 1.807) is 23.1 Å². The van der Waals surface area contributed by atoms with Crippen LogP contribution < -0.4 is 5.43 Å². The van der Waals surface area contributed by atoms with Crippen molar-refractivity contribution >= 4 is 28.5 Å². The number of rotatable bonds is 3. The minimum Gasteiger partial charge on any atom is -0.450 e. The SMILES string of the molecule is Cc1ccc2oc3c(c(=O)c2c1)[C@H](c1ccc(Cl)cc1)N(C[C@@H]1CCCO1)C3=O. The molecule has 0 radical (unpaired) electrons. The molecule has 6 heteroatoms. The van der Waals surface area contributed by atoms with E-state index < -0.39 is 6.04 Å². The van der Waals surface area contributed by atoms with Gasteiger partial charge in [-0.3, -0.25) is 9.59 Å². The van der Waals surface area contributed by atoms with E-state index >= 15 is 0 Å². The van der Waals surface area contributed by atoms with Crippen LogP contribution in [0.2, 0.25) is 5.02 Å². The van der Waals surface area contributed by atoms with Gasteiger partial charge in [0.2, 0.25) is 5.76 Å². The predicted molar refractivity (Wildman–Crippen MR) is 111 cm³/mol. The number of ether oxygens (including phenoxy) is 1. The van der Waals surface area contributed by atoms with Gasteiger partial charge < -0.3 is 14.1 Å². The van der Waals surface area contributed by atoms with Crippen LogP contribution in [0.3, 0.4) is 0 Å². The Morgan fingerprint density at radius 2 is 1.93 bits per heavy atom.